The Kier molecular flexibility index (Phi) is 2.46. The van der Waals surface area contributed by atoms with Gasteiger partial charge < -0.3 is 0 Å². The first kappa shape index (κ1) is 7.76. The normalized spacial score (nSPS) is 9.40. The van der Waals surface area contributed by atoms with Crippen LogP contribution in [0.15, 0.2) is 22.7 Å². The van der Waals surface area contributed by atoms with Gasteiger partial charge in [0, 0.05) is 4.47 Å². The summed E-state index contributed by atoms with van der Waals surface area (Å²) in [5.74, 6) is 0. The maximum Gasteiger partial charge on any atom is 0.236 e. The van der Waals surface area contributed by atoms with Gasteiger partial charge in [-0.15, -0.1) is 0 Å². The van der Waals surface area contributed by atoms with Crippen LogP contribution in [0.25, 0.3) is 0 Å². The lowest BCUT2D eigenvalue weighted by atomic mass is 10.2. The third-order valence-electron chi connectivity index (χ3n) is 1.06. The third-order valence-corrected chi connectivity index (χ3v) is 2.04. The largest absolute Gasteiger partial charge is 0.285 e. The van der Waals surface area contributed by atoms with Gasteiger partial charge in [-0.3, -0.25) is 4.79 Å². The lowest BCUT2D eigenvalue weighted by molar-refractivity contribution is 0.562. The highest BCUT2D eigenvalue weighted by Gasteiger charge is 2.02. The fourth-order valence-corrected chi connectivity index (χ4v) is 1.37. The van der Waals surface area contributed by atoms with Gasteiger partial charge in [0.05, 0.1) is 10.6 Å². The van der Waals surface area contributed by atoms with Crippen LogP contribution in [0.3, 0.4) is 0 Å². The van der Waals surface area contributed by atoms with E-state index >= 15 is 0 Å². The molecule has 0 atom stereocenters. The molecule has 51 valence electrons. The molecule has 0 heterocycles. The van der Waals surface area contributed by atoms with Crippen molar-refractivity contribution >= 4 is 33.8 Å². The minimum Gasteiger partial charge on any atom is -0.285 e. The summed E-state index contributed by atoms with van der Waals surface area (Å²) in [6, 6.07) is 5.14. The molecule has 0 aliphatic carbocycles. The number of hydrogen-bond acceptors (Lipinski definition) is 1. The zero-order chi connectivity index (χ0) is 7.56. The first-order chi connectivity index (χ1) is 4.75. The molecule has 0 fully saturated rings. The molecule has 1 radical (unpaired) electrons. The first-order valence-electron chi connectivity index (χ1n) is 2.58. The van der Waals surface area contributed by atoms with Crippen LogP contribution >= 0.6 is 27.5 Å². The van der Waals surface area contributed by atoms with E-state index in [1.807, 2.05) is 0 Å². The molecule has 0 aliphatic heterocycles. The van der Waals surface area contributed by atoms with Gasteiger partial charge in [0.15, 0.2) is 0 Å². The van der Waals surface area contributed by atoms with Gasteiger partial charge in [-0.05, 0) is 28.1 Å². The smallest absolute Gasteiger partial charge is 0.236 e. The van der Waals surface area contributed by atoms with Crippen molar-refractivity contribution in [3.63, 3.8) is 0 Å². The number of halogens is 2. The van der Waals surface area contributed by atoms with E-state index in [1.54, 1.807) is 24.5 Å². The van der Waals surface area contributed by atoms with Crippen molar-refractivity contribution in [2.45, 2.75) is 0 Å². The quantitative estimate of drug-likeness (QED) is 0.708. The van der Waals surface area contributed by atoms with Gasteiger partial charge in [0.2, 0.25) is 6.29 Å². The van der Waals surface area contributed by atoms with E-state index in [1.165, 1.54) is 0 Å². The second-order valence-corrected chi connectivity index (χ2v) is 2.96. The minimum atomic E-state index is 0.379. The van der Waals surface area contributed by atoms with Crippen molar-refractivity contribution in [3.05, 3.63) is 33.3 Å². The molecule has 0 bridgehead atoms. The van der Waals surface area contributed by atoms with Gasteiger partial charge in [0.25, 0.3) is 0 Å². The highest BCUT2D eigenvalue weighted by Crippen LogP contribution is 2.21. The summed E-state index contributed by atoms with van der Waals surface area (Å²) in [6.07, 6.45) is 1.73. The second-order valence-electron chi connectivity index (χ2n) is 1.70. The second kappa shape index (κ2) is 3.17. The standard InChI is InChI=1S/C7H3BrClO/c8-6-2-1-3-7(9)5(6)4-10/h1-3H. The Morgan fingerprint density at radius 2 is 2.20 bits per heavy atom. The molecule has 0 saturated carbocycles. The molecular formula is C7H3BrClO. The summed E-state index contributed by atoms with van der Waals surface area (Å²) in [7, 11) is 0. The van der Waals surface area contributed by atoms with Crippen molar-refractivity contribution in [3.8, 4) is 0 Å². The zero-order valence-corrected chi connectivity index (χ0v) is 7.24. The fourth-order valence-electron chi connectivity index (χ4n) is 0.595. The van der Waals surface area contributed by atoms with E-state index in [9.17, 15) is 4.79 Å². The molecule has 1 aromatic rings. The average molecular weight is 218 g/mol. The number of carbonyl (C=O) groups excluding carboxylic acids is 1. The summed E-state index contributed by atoms with van der Waals surface area (Å²) >= 11 is 8.80. The predicted octanol–water partition coefficient (Wildman–Crippen LogP) is 2.56. The molecule has 0 unspecified atom stereocenters. The van der Waals surface area contributed by atoms with E-state index in [2.05, 4.69) is 15.9 Å². The van der Waals surface area contributed by atoms with Gasteiger partial charge in [0.1, 0.15) is 0 Å². The monoisotopic (exact) mass is 217 g/mol. The Balaban J connectivity index is 3.30. The Bertz CT molecular complexity index is 240. The molecule has 0 aliphatic rings. The molecule has 0 N–H and O–H groups in total. The molecule has 0 aromatic heterocycles. The van der Waals surface area contributed by atoms with Crippen LogP contribution in [-0.2, 0) is 4.79 Å². The van der Waals surface area contributed by atoms with Gasteiger partial charge in [-0.1, -0.05) is 17.7 Å². The van der Waals surface area contributed by atoms with Crippen LogP contribution in [-0.4, -0.2) is 6.29 Å². The van der Waals surface area contributed by atoms with E-state index in [4.69, 9.17) is 11.6 Å². The maximum absolute atomic E-state index is 10.2. The van der Waals surface area contributed by atoms with Crippen molar-refractivity contribution in [1.82, 2.24) is 0 Å². The molecule has 3 heteroatoms. The Morgan fingerprint density at radius 1 is 1.50 bits per heavy atom. The van der Waals surface area contributed by atoms with E-state index in [0.717, 1.165) is 0 Å². The van der Waals surface area contributed by atoms with Crippen molar-refractivity contribution in [2.24, 2.45) is 0 Å². The molecule has 0 saturated heterocycles. The van der Waals surface area contributed by atoms with E-state index < -0.39 is 0 Å². The lowest BCUT2D eigenvalue weighted by Gasteiger charge is -1.95. The predicted molar refractivity (Wildman–Crippen MR) is 43.9 cm³/mol. The summed E-state index contributed by atoms with van der Waals surface area (Å²) < 4.78 is 0.676. The number of rotatable bonds is 1. The summed E-state index contributed by atoms with van der Waals surface area (Å²) in [6.45, 7) is 0. The molecule has 0 amide bonds. The molecule has 0 spiro atoms. The van der Waals surface area contributed by atoms with Crippen LogP contribution in [0.5, 0.6) is 0 Å². The van der Waals surface area contributed by atoms with Crippen molar-refractivity contribution < 1.29 is 4.79 Å². The summed E-state index contributed by atoms with van der Waals surface area (Å²) in [4.78, 5) is 10.2. The van der Waals surface area contributed by atoms with Gasteiger partial charge in [-0.25, -0.2) is 0 Å². The van der Waals surface area contributed by atoms with Crippen molar-refractivity contribution in [2.75, 3.05) is 0 Å². The maximum atomic E-state index is 10.2. The Morgan fingerprint density at radius 3 is 2.60 bits per heavy atom. The van der Waals surface area contributed by atoms with E-state index in [-0.39, 0.29) is 0 Å². The van der Waals surface area contributed by atoms with E-state index in [0.29, 0.717) is 15.1 Å². The topological polar surface area (TPSA) is 17.1 Å². The average Bonchev–Trinajstić information content (AvgIpc) is 1.88. The Labute approximate surface area is 72.1 Å². The van der Waals surface area contributed by atoms with Crippen molar-refractivity contribution in [1.29, 1.82) is 0 Å². The molecule has 10 heavy (non-hydrogen) atoms. The molecule has 1 rings (SSSR count). The number of hydrogen-bond donors (Lipinski definition) is 0. The van der Waals surface area contributed by atoms with Crippen LogP contribution in [0, 0.1) is 0 Å². The minimum absolute atomic E-state index is 0.379. The van der Waals surface area contributed by atoms with Gasteiger partial charge >= 0.3 is 0 Å². The fraction of sp³-hybridized carbons (Fsp3) is 0. The summed E-state index contributed by atoms with van der Waals surface area (Å²) in [5, 5.41) is 0.421. The molecular weight excluding hydrogens is 215 g/mol. The van der Waals surface area contributed by atoms with Crippen LogP contribution in [0.4, 0.5) is 0 Å². The van der Waals surface area contributed by atoms with Crippen LogP contribution in [0.2, 0.25) is 5.02 Å². The Hall–Kier alpha value is -0.340. The molecule has 1 nitrogen and oxygen atoms in total. The third kappa shape index (κ3) is 1.39. The van der Waals surface area contributed by atoms with Crippen LogP contribution < -0.4 is 0 Å². The zero-order valence-electron chi connectivity index (χ0n) is 4.90. The summed E-state index contributed by atoms with van der Waals surface area (Å²) in [5.41, 5.74) is 0.379. The first-order valence-corrected chi connectivity index (χ1v) is 3.75. The highest BCUT2D eigenvalue weighted by molar-refractivity contribution is 9.10. The molecule has 1 aromatic carbocycles. The number of benzene rings is 1. The lowest BCUT2D eigenvalue weighted by Crippen LogP contribution is -1.82. The van der Waals surface area contributed by atoms with Crippen LogP contribution in [0.1, 0.15) is 5.56 Å². The highest BCUT2D eigenvalue weighted by atomic mass is 79.9. The SMILES string of the molecule is O=[C]c1c(Cl)cccc1Br. The van der Waals surface area contributed by atoms with Gasteiger partial charge in [-0.2, -0.15) is 0 Å².